The van der Waals surface area contributed by atoms with Crippen molar-refractivity contribution >= 4 is 15.8 Å². The van der Waals surface area contributed by atoms with Gasteiger partial charge in [-0.25, -0.2) is 8.42 Å². The van der Waals surface area contributed by atoms with Crippen LogP contribution in [-0.2, 0) is 21.2 Å². The molecule has 1 heterocycles. The molecule has 1 fully saturated rings. The van der Waals surface area contributed by atoms with Gasteiger partial charge < -0.3 is 0 Å². The normalized spacial score (nSPS) is 16.4. The summed E-state index contributed by atoms with van der Waals surface area (Å²) in [7, 11) is -3.50. The molecule has 0 aliphatic carbocycles. The number of rotatable bonds is 5. The van der Waals surface area contributed by atoms with Crippen molar-refractivity contribution in [3.8, 4) is 0 Å². The highest BCUT2D eigenvalue weighted by Crippen LogP contribution is 2.27. The Morgan fingerprint density at radius 1 is 0.963 bits per heavy atom. The van der Waals surface area contributed by atoms with Gasteiger partial charge in [0, 0.05) is 25.4 Å². The SMILES string of the molecule is Cc1ccc(CC(=O)C2CCN(S(=O)(=O)c3ccc(C)cc3C)CC2)cc1. The fourth-order valence-electron chi connectivity index (χ4n) is 3.70. The molecule has 1 saturated heterocycles. The van der Waals surface area contributed by atoms with E-state index < -0.39 is 10.0 Å². The molecule has 144 valence electrons. The van der Waals surface area contributed by atoms with Gasteiger partial charge in [0.2, 0.25) is 10.0 Å². The van der Waals surface area contributed by atoms with Crippen LogP contribution in [0.5, 0.6) is 0 Å². The number of hydrogen-bond donors (Lipinski definition) is 0. The summed E-state index contributed by atoms with van der Waals surface area (Å²) in [4.78, 5) is 13.0. The van der Waals surface area contributed by atoms with Gasteiger partial charge >= 0.3 is 0 Å². The maximum Gasteiger partial charge on any atom is 0.243 e. The first-order chi connectivity index (χ1) is 12.8. The minimum Gasteiger partial charge on any atom is -0.299 e. The maximum absolute atomic E-state index is 13.0. The molecule has 0 bridgehead atoms. The number of nitrogens with zero attached hydrogens (tertiary/aromatic N) is 1. The van der Waals surface area contributed by atoms with Crippen molar-refractivity contribution < 1.29 is 13.2 Å². The first-order valence-corrected chi connectivity index (χ1v) is 10.9. The summed E-state index contributed by atoms with van der Waals surface area (Å²) >= 11 is 0. The number of Topliss-reactive ketones (excluding diaryl/α,β-unsaturated/α-hetero) is 1. The van der Waals surface area contributed by atoms with Gasteiger partial charge in [0.05, 0.1) is 4.90 Å². The fraction of sp³-hybridized carbons (Fsp3) is 0.409. The van der Waals surface area contributed by atoms with Crippen LogP contribution in [0, 0.1) is 26.7 Å². The van der Waals surface area contributed by atoms with Crippen LogP contribution in [0.2, 0.25) is 0 Å². The summed E-state index contributed by atoms with van der Waals surface area (Å²) in [6.07, 6.45) is 1.61. The van der Waals surface area contributed by atoms with Crippen LogP contribution >= 0.6 is 0 Å². The molecule has 0 amide bonds. The molecule has 4 nitrogen and oxygen atoms in total. The zero-order valence-electron chi connectivity index (χ0n) is 16.2. The second kappa shape index (κ2) is 7.95. The standard InChI is InChI=1S/C22H27NO3S/c1-16-4-7-19(8-5-16)15-21(24)20-10-12-23(13-11-20)27(25,26)22-9-6-17(2)14-18(22)3/h4-9,14,20H,10-13,15H2,1-3H3. The molecule has 0 saturated carbocycles. The van der Waals surface area contributed by atoms with Crippen molar-refractivity contribution in [2.24, 2.45) is 5.92 Å². The number of sulfonamides is 1. The molecular weight excluding hydrogens is 358 g/mol. The predicted octanol–water partition coefficient (Wildman–Crippen LogP) is 3.82. The molecule has 2 aromatic carbocycles. The van der Waals surface area contributed by atoms with Crippen LogP contribution in [0.15, 0.2) is 47.4 Å². The molecule has 0 unspecified atom stereocenters. The molecular formula is C22H27NO3S. The third kappa shape index (κ3) is 4.47. The Morgan fingerprint density at radius 3 is 2.15 bits per heavy atom. The van der Waals surface area contributed by atoms with Gasteiger partial charge in [0.25, 0.3) is 0 Å². The van der Waals surface area contributed by atoms with Crippen LogP contribution in [-0.4, -0.2) is 31.6 Å². The smallest absolute Gasteiger partial charge is 0.243 e. The summed E-state index contributed by atoms with van der Waals surface area (Å²) in [6.45, 7) is 6.61. The van der Waals surface area contributed by atoms with Gasteiger partial charge in [-0.2, -0.15) is 4.31 Å². The molecule has 0 aromatic heterocycles. The van der Waals surface area contributed by atoms with E-state index >= 15 is 0 Å². The zero-order chi connectivity index (χ0) is 19.6. The molecule has 0 atom stereocenters. The van der Waals surface area contributed by atoms with Gasteiger partial charge in [-0.15, -0.1) is 0 Å². The van der Waals surface area contributed by atoms with E-state index in [1.807, 2.05) is 57.2 Å². The average Bonchev–Trinajstić information content (AvgIpc) is 2.63. The van der Waals surface area contributed by atoms with E-state index in [2.05, 4.69) is 0 Å². The first kappa shape index (κ1) is 19.8. The fourth-order valence-corrected chi connectivity index (χ4v) is 5.37. The minimum absolute atomic E-state index is 0.0585. The maximum atomic E-state index is 13.0. The van der Waals surface area contributed by atoms with Crippen LogP contribution in [0.4, 0.5) is 0 Å². The molecule has 1 aliphatic rings. The van der Waals surface area contributed by atoms with Crippen molar-refractivity contribution in [2.75, 3.05) is 13.1 Å². The average molecular weight is 386 g/mol. The Balaban J connectivity index is 1.64. The monoisotopic (exact) mass is 385 g/mol. The number of ketones is 1. The number of carbonyl (C=O) groups excluding carboxylic acids is 1. The minimum atomic E-state index is -3.50. The predicted molar refractivity (Wildman–Crippen MR) is 107 cm³/mol. The molecule has 3 rings (SSSR count). The second-order valence-electron chi connectivity index (χ2n) is 7.58. The van der Waals surface area contributed by atoms with Crippen LogP contribution < -0.4 is 0 Å². The highest BCUT2D eigenvalue weighted by Gasteiger charge is 2.32. The summed E-state index contributed by atoms with van der Waals surface area (Å²) in [5, 5.41) is 0. The topological polar surface area (TPSA) is 54.5 Å². The van der Waals surface area contributed by atoms with Crippen molar-refractivity contribution in [3.63, 3.8) is 0 Å². The third-order valence-corrected chi connectivity index (χ3v) is 7.42. The second-order valence-corrected chi connectivity index (χ2v) is 9.48. The lowest BCUT2D eigenvalue weighted by molar-refractivity contribution is -0.123. The number of hydrogen-bond acceptors (Lipinski definition) is 3. The Morgan fingerprint density at radius 2 is 1.56 bits per heavy atom. The van der Waals surface area contributed by atoms with E-state index in [9.17, 15) is 13.2 Å². The van der Waals surface area contributed by atoms with Crippen molar-refractivity contribution in [1.82, 2.24) is 4.31 Å². The summed E-state index contributed by atoms with van der Waals surface area (Å²) in [5.74, 6) is 0.152. The van der Waals surface area contributed by atoms with Gasteiger partial charge in [0.1, 0.15) is 5.78 Å². The lowest BCUT2D eigenvalue weighted by atomic mass is 9.90. The molecule has 0 spiro atoms. The Kier molecular flexibility index (Phi) is 5.82. The Bertz CT molecular complexity index is 925. The molecule has 27 heavy (non-hydrogen) atoms. The number of carbonyl (C=O) groups is 1. The van der Waals surface area contributed by atoms with Gasteiger partial charge in [0.15, 0.2) is 0 Å². The molecule has 2 aromatic rings. The van der Waals surface area contributed by atoms with E-state index in [0.717, 1.165) is 16.7 Å². The lowest BCUT2D eigenvalue weighted by Gasteiger charge is -2.31. The number of piperidine rings is 1. The largest absolute Gasteiger partial charge is 0.299 e. The quantitative estimate of drug-likeness (QED) is 0.786. The van der Waals surface area contributed by atoms with Crippen molar-refractivity contribution in [3.05, 3.63) is 64.7 Å². The van der Waals surface area contributed by atoms with Crippen LogP contribution in [0.25, 0.3) is 0 Å². The third-order valence-electron chi connectivity index (χ3n) is 5.36. The molecule has 0 N–H and O–H groups in total. The molecule has 1 aliphatic heterocycles. The Hall–Kier alpha value is -1.98. The van der Waals surface area contributed by atoms with E-state index in [1.54, 1.807) is 6.07 Å². The summed E-state index contributed by atoms with van der Waals surface area (Å²) < 4.78 is 27.4. The van der Waals surface area contributed by atoms with E-state index in [-0.39, 0.29) is 11.7 Å². The van der Waals surface area contributed by atoms with Gasteiger partial charge in [-0.1, -0.05) is 47.5 Å². The van der Waals surface area contributed by atoms with Gasteiger partial charge in [-0.05, 0) is 50.8 Å². The summed E-state index contributed by atoms with van der Waals surface area (Å²) in [5.41, 5.74) is 4.02. The zero-order valence-corrected chi connectivity index (χ0v) is 17.1. The summed E-state index contributed by atoms with van der Waals surface area (Å²) in [6, 6.07) is 13.4. The van der Waals surface area contributed by atoms with E-state index in [4.69, 9.17) is 0 Å². The van der Waals surface area contributed by atoms with Crippen LogP contribution in [0.1, 0.15) is 35.1 Å². The molecule has 5 heteroatoms. The molecule has 0 radical (unpaired) electrons. The first-order valence-electron chi connectivity index (χ1n) is 9.43. The highest BCUT2D eigenvalue weighted by atomic mass is 32.2. The van der Waals surface area contributed by atoms with Gasteiger partial charge in [-0.3, -0.25) is 4.79 Å². The lowest BCUT2D eigenvalue weighted by Crippen LogP contribution is -2.40. The van der Waals surface area contributed by atoms with E-state index in [0.29, 0.717) is 37.2 Å². The van der Waals surface area contributed by atoms with Crippen molar-refractivity contribution in [1.29, 1.82) is 0 Å². The highest BCUT2D eigenvalue weighted by molar-refractivity contribution is 7.89. The van der Waals surface area contributed by atoms with E-state index in [1.165, 1.54) is 9.87 Å². The van der Waals surface area contributed by atoms with Crippen LogP contribution in [0.3, 0.4) is 0 Å². The Labute approximate surface area is 162 Å². The number of benzene rings is 2. The number of aryl methyl sites for hydroxylation is 3. The van der Waals surface area contributed by atoms with Crippen molar-refractivity contribution in [2.45, 2.75) is 44.9 Å².